The van der Waals surface area contributed by atoms with Crippen molar-refractivity contribution in [3.63, 3.8) is 0 Å². The predicted octanol–water partition coefficient (Wildman–Crippen LogP) is 6.36. The second kappa shape index (κ2) is 11.3. The normalized spacial score (nSPS) is 13.0. The quantitative estimate of drug-likeness (QED) is 0.445. The molecule has 0 radical (unpaired) electrons. The highest BCUT2D eigenvalue weighted by molar-refractivity contribution is 7.99. The number of halogens is 2. The van der Waals surface area contributed by atoms with E-state index in [1.165, 1.54) is 16.7 Å². The molecule has 19 heavy (non-hydrogen) atoms. The largest absolute Gasteiger partial charge is 0.284 e. The third kappa shape index (κ3) is 13.7. The molecule has 0 saturated carbocycles. The van der Waals surface area contributed by atoms with Crippen molar-refractivity contribution in [1.82, 2.24) is 0 Å². The van der Waals surface area contributed by atoms with Crippen molar-refractivity contribution >= 4 is 11.8 Å². The molecule has 0 atom stereocenters. The van der Waals surface area contributed by atoms with Crippen molar-refractivity contribution in [3.05, 3.63) is 34.9 Å². The first-order valence-electron chi connectivity index (χ1n) is 6.76. The highest BCUT2D eigenvalue weighted by atomic mass is 32.2. The molecule has 110 valence electrons. The van der Waals surface area contributed by atoms with Crippen molar-refractivity contribution in [1.29, 1.82) is 0 Å². The molecule has 0 bridgehead atoms. The predicted molar refractivity (Wildman–Crippen MR) is 83.9 cm³/mol. The lowest BCUT2D eigenvalue weighted by molar-refractivity contribution is 0.252. The summed E-state index contributed by atoms with van der Waals surface area (Å²) in [6, 6.07) is 0. The van der Waals surface area contributed by atoms with Crippen molar-refractivity contribution in [2.45, 2.75) is 59.1 Å². The first-order valence-corrected chi connectivity index (χ1v) is 7.81. The third-order valence-corrected chi connectivity index (χ3v) is 3.39. The highest BCUT2D eigenvalue weighted by Crippen LogP contribution is 2.16. The highest BCUT2D eigenvalue weighted by Gasteiger charge is 1.99. The average molecular weight is 288 g/mol. The van der Waals surface area contributed by atoms with E-state index in [-0.39, 0.29) is 0 Å². The summed E-state index contributed by atoms with van der Waals surface area (Å²) in [5.74, 6) is -1.85. The van der Waals surface area contributed by atoms with Gasteiger partial charge in [0.1, 0.15) is 0 Å². The lowest BCUT2D eigenvalue weighted by Gasteiger charge is -2.01. The molecule has 0 fully saturated rings. The van der Waals surface area contributed by atoms with Crippen LogP contribution in [-0.2, 0) is 0 Å². The van der Waals surface area contributed by atoms with Gasteiger partial charge in [0.2, 0.25) is 0 Å². The van der Waals surface area contributed by atoms with Gasteiger partial charge in [-0.15, -0.1) is 0 Å². The van der Waals surface area contributed by atoms with E-state index in [2.05, 4.69) is 32.9 Å². The van der Waals surface area contributed by atoms with Gasteiger partial charge >= 0.3 is 0 Å². The van der Waals surface area contributed by atoms with Gasteiger partial charge < -0.3 is 0 Å². The van der Waals surface area contributed by atoms with E-state index in [1.54, 1.807) is 0 Å². The topological polar surface area (TPSA) is 0 Å². The maximum absolute atomic E-state index is 11.9. The Labute approximate surface area is 121 Å². The van der Waals surface area contributed by atoms with Crippen molar-refractivity contribution in [2.24, 2.45) is 0 Å². The molecule has 0 aromatic carbocycles. The Hall–Kier alpha value is -0.570. The van der Waals surface area contributed by atoms with Crippen LogP contribution in [0.3, 0.4) is 0 Å². The van der Waals surface area contributed by atoms with Crippen LogP contribution >= 0.6 is 11.8 Å². The molecule has 0 aliphatic heterocycles. The second-order valence-electron chi connectivity index (χ2n) is 5.05. The summed E-state index contributed by atoms with van der Waals surface area (Å²) in [6.07, 6.45) is 10.6. The fraction of sp³-hybridized carbons (Fsp3) is 0.625. The summed E-state index contributed by atoms with van der Waals surface area (Å²) < 4.78 is 23.9. The van der Waals surface area contributed by atoms with Gasteiger partial charge in [-0.3, -0.25) is 0 Å². The van der Waals surface area contributed by atoms with Crippen molar-refractivity contribution in [3.8, 4) is 0 Å². The van der Waals surface area contributed by atoms with E-state index in [9.17, 15) is 8.78 Å². The van der Waals surface area contributed by atoms with Gasteiger partial charge in [-0.1, -0.05) is 46.7 Å². The summed E-state index contributed by atoms with van der Waals surface area (Å²) in [4.78, 5) is 0. The zero-order valence-electron chi connectivity index (χ0n) is 12.5. The maximum atomic E-state index is 11.9. The van der Waals surface area contributed by atoms with Crippen LogP contribution in [0.2, 0.25) is 0 Å². The fourth-order valence-corrected chi connectivity index (χ4v) is 2.13. The number of thioether (sulfide) groups is 1. The number of hydrogen-bond acceptors (Lipinski definition) is 1. The number of hydrogen-bond donors (Lipinski definition) is 0. The Morgan fingerprint density at radius 1 is 0.895 bits per heavy atom. The van der Waals surface area contributed by atoms with E-state index in [4.69, 9.17) is 0 Å². The van der Waals surface area contributed by atoms with E-state index >= 15 is 0 Å². The van der Waals surface area contributed by atoms with Gasteiger partial charge in [0, 0.05) is 5.75 Å². The van der Waals surface area contributed by atoms with Crippen molar-refractivity contribution in [2.75, 3.05) is 5.75 Å². The van der Waals surface area contributed by atoms with Crippen LogP contribution in [0.1, 0.15) is 53.4 Å². The Morgan fingerprint density at radius 2 is 1.42 bits per heavy atom. The van der Waals surface area contributed by atoms with Crippen LogP contribution in [0.25, 0.3) is 0 Å². The van der Waals surface area contributed by atoms with Crippen LogP contribution in [-0.4, -0.2) is 11.5 Å². The summed E-state index contributed by atoms with van der Waals surface area (Å²) in [5, 5.41) is 0. The molecule has 0 heterocycles. The first-order chi connectivity index (χ1) is 8.91. The zero-order chi connectivity index (χ0) is 14.7. The van der Waals surface area contributed by atoms with Gasteiger partial charge in [0.15, 0.2) is 0 Å². The molecule has 0 aliphatic rings. The molecule has 0 unspecified atom stereocenters. The molecule has 0 aromatic heterocycles. The molecule has 0 aliphatic carbocycles. The molecule has 0 aromatic rings. The van der Waals surface area contributed by atoms with Crippen LogP contribution in [0, 0.1) is 0 Å². The van der Waals surface area contributed by atoms with Crippen LogP contribution in [0.15, 0.2) is 34.9 Å². The Balaban J connectivity index is 3.83. The molecule has 0 N–H and O–H groups in total. The number of alkyl halides is 2. The minimum Gasteiger partial charge on any atom is -0.198 e. The SMILES string of the molecule is CC(C)=CCCC(C)=CCCC(C)=CCSC(F)F. The lowest BCUT2D eigenvalue weighted by Crippen LogP contribution is -1.85. The minimum atomic E-state index is -2.26. The van der Waals surface area contributed by atoms with E-state index < -0.39 is 5.76 Å². The van der Waals surface area contributed by atoms with Crippen LogP contribution < -0.4 is 0 Å². The molecular formula is C16H26F2S. The Bertz CT molecular complexity index is 324. The van der Waals surface area contributed by atoms with Crippen LogP contribution in [0.5, 0.6) is 0 Å². The van der Waals surface area contributed by atoms with E-state index in [0.29, 0.717) is 17.5 Å². The van der Waals surface area contributed by atoms with Gasteiger partial charge in [0.25, 0.3) is 5.76 Å². The van der Waals surface area contributed by atoms with Gasteiger partial charge in [0.05, 0.1) is 0 Å². The van der Waals surface area contributed by atoms with Gasteiger partial charge in [-0.2, -0.15) is 8.78 Å². The van der Waals surface area contributed by atoms with Crippen LogP contribution in [0.4, 0.5) is 8.78 Å². The number of rotatable bonds is 9. The van der Waals surface area contributed by atoms with Gasteiger partial charge in [-0.05, 0) is 53.4 Å². The summed E-state index contributed by atoms with van der Waals surface area (Å²) in [5.41, 5.74) is 3.97. The standard InChI is InChI=1S/C16H26F2S/c1-13(2)7-5-8-14(3)9-6-10-15(4)11-12-19-16(17)18/h7,9,11,16H,5-6,8,10,12H2,1-4H3. The summed E-state index contributed by atoms with van der Waals surface area (Å²) in [7, 11) is 0. The lowest BCUT2D eigenvalue weighted by atomic mass is 10.1. The van der Waals surface area contributed by atoms with Crippen molar-refractivity contribution < 1.29 is 8.78 Å². The Morgan fingerprint density at radius 3 is 1.95 bits per heavy atom. The van der Waals surface area contributed by atoms with Gasteiger partial charge in [-0.25, -0.2) is 0 Å². The molecule has 0 rings (SSSR count). The molecule has 0 saturated heterocycles. The smallest absolute Gasteiger partial charge is 0.198 e. The minimum absolute atomic E-state index is 0.409. The third-order valence-electron chi connectivity index (χ3n) is 2.78. The monoisotopic (exact) mass is 288 g/mol. The molecular weight excluding hydrogens is 262 g/mol. The molecule has 0 nitrogen and oxygen atoms in total. The number of allylic oxidation sites excluding steroid dienone is 5. The fourth-order valence-electron chi connectivity index (χ4n) is 1.60. The van der Waals surface area contributed by atoms with E-state index in [0.717, 1.165) is 25.7 Å². The molecule has 0 amide bonds. The van der Waals surface area contributed by atoms with E-state index in [1.807, 2.05) is 13.0 Å². The zero-order valence-corrected chi connectivity index (χ0v) is 13.3. The molecule has 3 heteroatoms. The summed E-state index contributed by atoms with van der Waals surface area (Å²) >= 11 is 0.682. The summed E-state index contributed by atoms with van der Waals surface area (Å²) in [6.45, 7) is 8.40. The second-order valence-corrected chi connectivity index (χ2v) is 6.08. The maximum Gasteiger partial charge on any atom is 0.284 e. The average Bonchev–Trinajstić information content (AvgIpc) is 2.27. The first kappa shape index (κ1) is 18.4. The Kier molecular flexibility index (Phi) is 10.9. The molecule has 0 spiro atoms.